The molecule has 0 radical (unpaired) electrons. The van der Waals surface area contributed by atoms with Crippen LogP contribution in [0.5, 0.6) is 0 Å². The van der Waals surface area contributed by atoms with E-state index in [1.165, 1.54) is 18.9 Å². The molecule has 112 valence electrons. The molecule has 1 saturated carbocycles. The molecule has 1 fully saturated rings. The van der Waals surface area contributed by atoms with Gasteiger partial charge in [-0.15, -0.1) is 0 Å². The molecule has 1 aliphatic carbocycles. The lowest BCUT2D eigenvalue weighted by atomic mass is 9.68. The largest absolute Gasteiger partial charge is 0.329 e. The van der Waals surface area contributed by atoms with Gasteiger partial charge in [-0.05, 0) is 37.8 Å². The Hall–Kier alpha value is -0.930. The number of nitrogens with zero attached hydrogens (tertiary/aromatic N) is 1. The Bertz CT molecular complexity index is 448. The maximum absolute atomic E-state index is 13.9. The van der Waals surface area contributed by atoms with Crippen molar-refractivity contribution in [1.29, 1.82) is 0 Å². The van der Waals surface area contributed by atoms with Gasteiger partial charge in [-0.2, -0.15) is 0 Å². The summed E-state index contributed by atoms with van der Waals surface area (Å²) in [5.74, 6) is 1.13. The summed E-state index contributed by atoms with van der Waals surface area (Å²) < 4.78 is 13.9. The van der Waals surface area contributed by atoms with Crippen LogP contribution >= 0.6 is 0 Å². The van der Waals surface area contributed by atoms with E-state index in [4.69, 9.17) is 5.73 Å². The topological polar surface area (TPSA) is 29.3 Å². The van der Waals surface area contributed by atoms with Gasteiger partial charge >= 0.3 is 0 Å². The average Bonchev–Trinajstić information content (AvgIpc) is 2.44. The molecule has 0 amide bonds. The van der Waals surface area contributed by atoms with Crippen LogP contribution in [-0.2, 0) is 6.54 Å². The zero-order valence-electron chi connectivity index (χ0n) is 12.9. The molecule has 0 spiro atoms. The van der Waals surface area contributed by atoms with E-state index in [1.54, 1.807) is 6.07 Å². The standard InChI is InChI=1S/C17H27FN2/c1-13-8-9-14(2)17(10-13,12-19)20(3)11-15-6-4-5-7-16(15)18/h4-7,13-14H,8-12,19H2,1-3H3. The maximum atomic E-state index is 13.9. The van der Waals surface area contributed by atoms with Crippen LogP contribution in [0.1, 0.15) is 38.7 Å². The molecule has 1 aromatic carbocycles. The Balaban J connectivity index is 2.20. The Morgan fingerprint density at radius 3 is 2.65 bits per heavy atom. The summed E-state index contributed by atoms with van der Waals surface area (Å²) >= 11 is 0. The molecule has 0 bridgehead atoms. The SMILES string of the molecule is CC1CCC(C)C(CN)(N(C)Cc2ccccc2F)C1. The predicted octanol–water partition coefficient (Wildman–Crippen LogP) is 3.41. The second kappa shape index (κ2) is 6.23. The Morgan fingerprint density at radius 2 is 2.00 bits per heavy atom. The molecule has 3 unspecified atom stereocenters. The van der Waals surface area contributed by atoms with Crippen molar-refractivity contribution >= 4 is 0 Å². The molecule has 2 N–H and O–H groups in total. The van der Waals surface area contributed by atoms with Crippen LogP contribution in [0.3, 0.4) is 0 Å². The number of nitrogens with two attached hydrogens (primary N) is 1. The van der Waals surface area contributed by atoms with Crippen LogP contribution in [0.25, 0.3) is 0 Å². The van der Waals surface area contributed by atoms with Crippen molar-refractivity contribution in [2.45, 2.75) is 45.2 Å². The Kier molecular flexibility index (Phi) is 4.82. The smallest absolute Gasteiger partial charge is 0.127 e. The van der Waals surface area contributed by atoms with Crippen LogP contribution in [0.15, 0.2) is 24.3 Å². The van der Waals surface area contributed by atoms with Gasteiger partial charge in [-0.3, -0.25) is 4.90 Å². The molecule has 0 heterocycles. The highest BCUT2D eigenvalue weighted by Gasteiger charge is 2.42. The van der Waals surface area contributed by atoms with E-state index in [1.807, 2.05) is 12.1 Å². The molecule has 2 rings (SSSR count). The number of likely N-dealkylation sites (N-methyl/N-ethyl adjacent to an activating group) is 1. The van der Waals surface area contributed by atoms with Crippen LogP contribution in [0.2, 0.25) is 0 Å². The van der Waals surface area contributed by atoms with Gasteiger partial charge in [0.05, 0.1) is 0 Å². The molecule has 2 nitrogen and oxygen atoms in total. The summed E-state index contributed by atoms with van der Waals surface area (Å²) in [5, 5.41) is 0. The van der Waals surface area contributed by atoms with E-state index >= 15 is 0 Å². The van der Waals surface area contributed by atoms with Crippen LogP contribution in [0, 0.1) is 17.7 Å². The third kappa shape index (κ3) is 2.89. The molecule has 20 heavy (non-hydrogen) atoms. The summed E-state index contributed by atoms with van der Waals surface area (Å²) in [6.07, 6.45) is 3.59. The minimum absolute atomic E-state index is 0.0000515. The van der Waals surface area contributed by atoms with E-state index in [9.17, 15) is 4.39 Å². The van der Waals surface area contributed by atoms with Gasteiger partial charge < -0.3 is 5.73 Å². The van der Waals surface area contributed by atoms with Gasteiger partial charge in [0, 0.05) is 24.2 Å². The van der Waals surface area contributed by atoms with E-state index in [0.717, 1.165) is 12.0 Å². The minimum atomic E-state index is -0.122. The normalized spacial score (nSPS) is 30.7. The molecule has 3 atom stereocenters. The van der Waals surface area contributed by atoms with Crippen molar-refractivity contribution in [3.63, 3.8) is 0 Å². The average molecular weight is 278 g/mol. The monoisotopic (exact) mass is 278 g/mol. The van der Waals surface area contributed by atoms with Crippen molar-refractivity contribution in [2.75, 3.05) is 13.6 Å². The first kappa shape index (κ1) is 15.5. The number of benzene rings is 1. The van der Waals surface area contributed by atoms with Gasteiger partial charge in [-0.25, -0.2) is 4.39 Å². The van der Waals surface area contributed by atoms with Gasteiger partial charge in [0.1, 0.15) is 5.82 Å². The first-order chi connectivity index (χ1) is 9.49. The van der Waals surface area contributed by atoms with Crippen molar-refractivity contribution in [2.24, 2.45) is 17.6 Å². The third-order valence-corrected chi connectivity index (χ3v) is 5.19. The molecule has 1 aromatic rings. The number of rotatable bonds is 4. The van der Waals surface area contributed by atoms with E-state index < -0.39 is 0 Å². The summed E-state index contributed by atoms with van der Waals surface area (Å²) in [6.45, 7) is 5.86. The minimum Gasteiger partial charge on any atom is -0.329 e. The Labute approximate surface area is 122 Å². The van der Waals surface area contributed by atoms with Gasteiger partial charge in [-0.1, -0.05) is 38.5 Å². The predicted molar refractivity (Wildman–Crippen MR) is 81.8 cm³/mol. The second-order valence-electron chi connectivity index (χ2n) is 6.54. The van der Waals surface area contributed by atoms with Gasteiger partial charge in [0.2, 0.25) is 0 Å². The van der Waals surface area contributed by atoms with Gasteiger partial charge in [0.15, 0.2) is 0 Å². The summed E-state index contributed by atoms with van der Waals surface area (Å²) in [6, 6.07) is 7.04. The fourth-order valence-corrected chi connectivity index (χ4v) is 3.72. The van der Waals surface area contributed by atoms with Gasteiger partial charge in [0.25, 0.3) is 0 Å². The maximum Gasteiger partial charge on any atom is 0.127 e. The van der Waals surface area contributed by atoms with Crippen molar-refractivity contribution in [3.8, 4) is 0 Å². The van der Waals surface area contributed by atoms with E-state index in [2.05, 4.69) is 25.8 Å². The third-order valence-electron chi connectivity index (χ3n) is 5.19. The highest BCUT2D eigenvalue weighted by molar-refractivity contribution is 5.18. The van der Waals surface area contributed by atoms with E-state index in [-0.39, 0.29) is 11.4 Å². The molecule has 1 aliphatic rings. The molecular formula is C17H27FN2. The second-order valence-corrected chi connectivity index (χ2v) is 6.54. The van der Waals surface area contributed by atoms with Crippen LogP contribution < -0.4 is 5.73 Å². The zero-order valence-corrected chi connectivity index (χ0v) is 12.9. The molecule has 0 saturated heterocycles. The van der Waals surface area contributed by atoms with Crippen molar-refractivity contribution in [3.05, 3.63) is 35.6 Å². The lowest BCUT2D eigenvalue weighted by molar-refractivity contribution is 0.00846. The number of halogens is 1. The molecule has 0 aromatic heterocycles. The fraction of sp³-hybridized carbons (Fsp3) is 0.647. The van der Waals surface area contributed by atoms with Crippen LogP contribution in [-0.4, -0.2) is 24.0 Å². The highest BCUT2D eigenvalue weighted by atomic mass is 19.1. The molecule has 0 aliphatic heterocycles. The fourth-order valence-electron chi connectivity index (χ4n) is 3.72. The summed E-state index contributed by atoms with van der Waals surface area (Å²) in [4.78, 5) is 2.28. The summed E-state index contributed by atoms with van der Waals surface area (Å²) in [5.41, 5.74) is 6.91. The van der Waals surface area contributed by atoms with E-state index in [0.29, 0.717) is 24.9 Å². The molecular weight excluding hydrogens is 251 g/mol. The lowest BCUT2D eigenvalue weighted by Gasteiger charge is -2.50. The first-order valence-corrected chi connectivity index (χ1v) is 7.64. The lowest BCUT2D eigenvalue weighted by Crippen LogP contribution is -2.58. The highest BCUT2D eigenvalue weighted by Crippen LogP contribution is 2.40. The summed E-state index contributed by atoms with van der Waals surface area (Å²) in [7, 11) is 2.09. The number of hydrogen-bond acceptors (Lipinski definition) is 2. The quantitative estimate of drug-likeness (QED) is 0.914. The van der Waals surface area contributed by atoms with Crippen molar-refractivity contribution < 1.29 is 4.39 Å². The first-order valence-electron chi connectivity index (χ1n) is 7.64. The molecule has 3 heteroatoms. The Morgan fingerprint density at radius 1 is 1.30 bits per heavy atom. The zero-order chi connectivity index (χ0) is 14.8. The van der Waals surface area contributed by atoms with Crippen LogP contribution in [0.4, 0.5) is 4.39 Å². The van der Waals surface area contributed by atoms with Crippen molar-refractivity contribution in [1.82, 2.24) is 4.90 Å². The number of hydrogen-bond donors (Lipinski definition) is 1.